The molecule has 0 atom stereocenters. The zero-order valence-electron chi connectivity index (χ0n) is 20.7. The number of ketones is 2. The molecule has 0 unspecified atom stereocenters. The average Bonchev–Trinajstić information content (AvgIpc) is 3.62. The topological polar surface area (TPSA) is 146 Å². The molecule has 0 aliphatic carbocycles. The van der Waals surface area contributed by atoms with Crippen molar-refractivity contribution in [1.29, 1.82) is 0 Å². The number of anilines is 1. The van der Waals surface area contributed by atoms with Gasteiger partial charge in [0.25, 0.3) is 10.0 Å². The Bertz CT molecular complexity index is 2020. The van der Waals surface area contributed by atoms with E-state index in [2.05, 4.69) is 15.1 Å². The summed E-state index contributed by atoms with van der Waals surface area (Å²) in [6.45, 7) is 1.49. The quantitative estimate of drug-likeness (QED) is 0.293. The lowest BCUT2D eigenvalue weighted by Crippen LogP contribution is -2.19. The van der Waals surface area contributed by atoms with Gasteiger partial charge in [-0.15, -0.1) is 0 Å². The molecule has 0 aliphatic rings. The van der Waals surface area contributed by atoms with E-state index in [9.17, 15) is 18.0 Å². The van der Waals surface area contributed by atoms with Gasteiger partial charge in [0.1, 0.15) is 23.1 Å². The number of H-pyrrole nitrogens is 1. The maximum absolute atomic E-state index is 13.8. The maximum Gasteiger partial charge on any atom is 0.268 e. The van der Waals surface area contributed by atoms with Gasteiger partial charge >= 0.3 is 0 Å². The summed E-state index contributed by atoms with van der Waals surface area (Å²) in [4.78, 5) is 32.9. The standard InChI is InChI=1S/C28H22N6O4S/c1-17(35)13-26-31-22-12-11-19(15-23(22)32-26)33-28(29)21(16-30-33)27(36)25-14-18-7-5-6-10-24(18)34(25)39(37,38)20-8-3-2-4-9-20/h2-12,14-16H,13,29H2,1H3,(H,31,32). The van der Waals surface area contributed by atoms with Gasteiger partial charge in [0.2, 0.25) is 5.78 Å². The third-order valence-electron chi connectivity index (χ3n) is 6.41. The predicted molar refractivity (Wildman–Crippen MR) is 146 cm³/mol. The largest absolute Gasteiger partial charge is 0.383 e. The third kappa shape index (κ3) is 4.09. The second-order valence-corrected chi connectivity index (χ2v) is 10.9. The first-order valence-corrected chi connectivity index (χ1v) is 13.5. The van der Waals surface area contributed by atoms with Gasteiger partial charge in [0.15, 0.2) is 0 Å². The Morgan fingerprint density at radius 2 is 1.72 bits per heavy atom. The molecular weight excluding hydrogens is 516 g/mol. The molecule has 6 aromatic rings. The molecule has 0 radical (unpaired) electrons. The van der Waals surface area contributed by atoms with Crippen LogP contribution in [0.5, 0.6) is 0 Å². The summed E-state index contributed by atoms with van der Waals surface area (Å²) in [6.07, 6.45) is 1.51. The Hall–Kier alpha value is -5.03. The first-order valence-electron chi connectivity index (χ1n) is 12.0. The van der Waals surface area contributed by atoms with Gasteiger partial charge in [-0.1, -0.05) is 36.4 Å². The van der Waals surface area contributed by atoms with Gasteiger partial charge in [-0.3, -0.25) is 9.59 Å². The van der Waals surface area contributed by atoms with Gasteiger partial charge < -0.3 is 10.7 Å². The van der Waals surface area contributed by atoms with Crippen LogP contribution in [-0.2, 0) is 21.2 Å². The van der Waals surface area contributed by atoms with Crippen molar-refractivity contribution in [2.75, 3.05) is 5.73 Å². The highest BCUT2D eigenvalue weighted by Crippen LogP contribution is 2.29. The lowest BCUT2D eigenvalue weighted by atomic mass is 10.1. The van der Waals surface area contributed by atoms with Gasteiger partial charge in [0.05, 0.1) is 45.3 Å². The van der Waals surface area contributed by atoms with Crippen LogP contribution in [0, 0.1) is 0 Å². The van der Waals surface area contributed by atoms with Crippen LogP contribution in [0.3, 0.4) is 0 Å². The molecule has 10 nitrogen and oxygen atoms in total. The Kier molecular flexibility index (Phi) is 5.65. The molecule has 3 aromatic heterocycles. The molecule has 0 amide bonds. The van der Waals surface area contributed by atoms with Crippen LogP contribution in [0.4, 0.5) is 5.82 Å². The monoisotopic (exact) mass is 538 g/mol. The lowest BCUT2D eigenvalue weighted by Gasteiger charge is -2.11. The molecule has 194 valence electrons. The number of fused-ring (bicyclic) bond motifs is 2. The summed E-state index contributed by atoms with van der Waals surface area (Å²) in [5.74, 6) is 0.00408. The van der Waals surface area contributed by atoms with Crippen molar-refractivity contribution >= 4 is 49.3 Å². The summed E-state index contributed by atoms with van der Waals surface area (Å²) < 4.78 is 29.9. The number of nitrogens with one attached hydrogen (secondary N) is 1. The van der Waals surface area contributed by atoms with Crippen LogP contribution in [0.2, 0.25) is 0 Å². The minimum Gasteiger partial charge on any atom is -0.383 e. The average molecular weight is 539 g/mol. The minimum absolute atomic E-state index is 0.0135. The lowest BCUT2D eigenvalue weighted by molar-refractivity contribution is -0.116. The van der Waals surface area contributed by atoms with E-state index in [-0.39, 0.29) is 34.2 Å². The van der Waals surface area contributed by atoms with Crippen LogP contribution in [-0.4, -0.2) is 43.7 Å². The first-order chi connectivity index (χ1) is 18.7. The van der Waals surface area contributed by atoms with Crippen molar-refractivity contribution in [1.82, 2.24) is 23.7 Å². The van der Waals surface area contributed by atoms with Gasteiger partial charge in [0, 0.05) is 5.39 Å². The fourth-order valence-electron chi connectivity index (χ4n) is 4.62. The summed E-state index contributed by atoms with van der Waals surface area (Å²) in [5, 5.41) is 4.92. The van der Waals surface area contributed by atoms with E-state index < -0.39 is 15.8 Å². The zero-order valence-corrected chi connectivity index (χ0v) is 21.5. The molecule has 3 heterocycles. The summed E-state index contributed by atoms with van der Waals surface area (Å²) >= 11 is 0. The van der Waals surface area contributed by atoms with Crippen LogP contribution in [0.25, 0.3) is 27.6 Å². The number of nitrogen functional groups attached to an aromatic ring is 1. The summed E-state index contributed by atoms with van der Waals surface area (Å²) in [5.41, 5.74) is 8.71. The second kappa shape index (κ2) is 9.07. The number of aromatic nitrogens is 5. The van der Waals surface area contributed by atoms with E-state index >= 15 is 0 Å². The molecule has 0 spiro atoms. The maximum atomic E-state index is 13.8. The minimum atomic E-state index is -4.10. The number of hydrogen-bond acceptors (Lipinski definition) is 7. The number of benzene rings is 3. The molecular formula is C28H22N6O4S. The normalized spacial score (nSPS) is 11.8. The SMILES string of the molecule is CC(=O)Cc1nc2ccc(-n3ncc(C(=O)c4cc5ccccc5n4S(=O)(=O)c4ccccc4)c3N)cc2[nH]1. The molecule has 0 fully saturated rings. The zero-order chi connectivity index (χ0) is 27.3. The van der Waals surface area contributed by atoms with Crippen molar-refractivity contribution < 1.29 is 18.0 Å². The van der Waals surface area contributed by atoms with Gasteiger partial charge in [-0.05, 0) is 49.4 Å². The number of rotatable bonds is 7. The fourth-order valence-corrected chi connectivity index (χ4v) is 6.15. The molecule has 3 N–H and O–H groups in total. The van der Waals surface area contributed by atoms with Gasteiger partial charge in [-0.25, -0.2) is 22.1 Å². The number of para-hydroxylation sites is 1. The fraction of sp³-hybridized carbons (Fsp3) is 0.0714. The predicted octanol–water partition coefficient (Wildman–Crippen LogP) is 3.89. The highest BCUT2D eigenvalue weighted by Gasteiger charge is 2.29. The van der Waals surface area contributed by atoms with E-state index in [1.165, 1.54) is 29.9 Å². The molecule has 0 aliphatic heterocycles. The number of aromatic amines is 1. The molecule has 11 heteroatoms. The Morgan fingerprint density at radius 1 is 0.974 bits per heavy atom. The van der Waals surface area contributed by atoms with Crippen LogP contribution in [0.1, 0.15) is 28.8 Å². The molecule has 0 saturated heterocycles. The molecule has 0 saturated carbocycles. The van der Waals surface area contributed by atoms with Crippen molar-refractivity contribution in [2.45, 2.75) is 18.2 Å². The van der Waals surface area contributed by atoms with E-state index in [0.717, 1.165) is 3.97 Å². The van der Waals surface area contributed by atoms with Crippen molar-refractivity contribution in [2.24, 2.45) is 0 Å². The smallest absolute Gasteiger partial charge is 0.268 e. The van der Waals surface area contributed by atoms with Gasteiger partial charge in [-0.2, -0.15) is 5.10 Å². The van der Waals surface area contributed by atoms with Crippen molar-refractivity contribution in [3.63, 3.8) is 0 Å². The second-order valence-electron chi connectivity index (χ2n) is 9.12. The number of carbonyl (C=O) groups is 2. The Balaban J connectivity index is 1.44. The Morgan fingerprint density at radius 3 is 2.49 bits per heavy atom. The van der Waals surface area contributed by atoms with Crippen LogP contribution in [0.15, 0.2) is 90.0 Å². The number of nitrogens with zero attached hydrogens (tertiary/aromatic N) is 4. The highest BCUT2D eigenvalue weighted by atomic mass is 32.2. The molecule has 3 aromatic carbocycles. The number of hydrogen-bond donors (Lipinski definition) is 2. The first kappa shape index (κ1) is 24.3. The third-order valence-corrected chi connectivity index (χ3v) is 8.15. The number of carbonyl (C=O) groups excluding carboxylic acids is 2. The van der Waals surface area contributed by atoms with E-state index in [1.54, 1.807) is 66.7 Å². The number of nitrogens with two attached hydrogens (primary N) is 1. The van der Waals surface area contributed by atoms with E-state index in [4.69, 9.17) is 5.73 Å². The number of Topliss-reactive ketones (excluding diaryl/α,β-unsaturated/α-hetero) is 1. The van der Waals surface area contributed by atoms with Crippen LogP contribution >= 0.6 is 0 Å². The molecule has 0 bridgehead atoms. The summed E-state index contributed by atoms with van der Waals surface area (Å²) in [6, 6.07) is 21.6. The van der Waals surface area contributed by atoms with E-state index in [1.807, 2.05) is 0 Å². The number of imidazole rings is 1. The molecule has 39 heavy (non-hydrogen) atoms. The van der Waals surface area contributed by atoms with Crippen molar-refractivity contribution in [3.05, 3.63) is 102 Å². The molecule has 6 rings (SSSR count). The van der Waals surface area contributed by atoms with Crippen molar-refractivity contribution in [3.8, 4) is 5.69 Å². The highest BCUT2D eigenvalue weighted by molar-refractivity contribution is 7.90. The summed E-state index contributed by atoms with van der Waals surface area (Å²) in [7, 11) is -4.10. The van der Waals surface area contributed by atoms with Crippen LogP contribution < -0.4 is 5.73 Å². The van der Waals surface area contributed by atoms with E-state index in [0.29, 0.717) is 33.4 Å². The Labute approximate surface area is 222 Å².